The summed E-state index contributed by atoms with van der Waals surface area (Å²) in [5.41, 5.74) is 8.55. The van der Waals surface area contributed by atoms with Gasteiger partial charge in [-0.1, -0.05) is 33.6 Å². The molecule has 1 unspecified atom stereocenters. The molecule has 0 bridgehead atoms. The van der Waals surface area contributed by atoms with Crippen molar-refractivity contribution in [1.82, 2.24) is 0 Å². The van der Waals surface area contributed by atoms with Gasteiger partial charge in [0.15, 0.2) is 0 Å². The number of hydrogen-bond donors (Lipinski definition) is 1. The number of rotatable bonds is 2. The molecule has 1 nitrogen and oxygen atoms in total. The Morgan fingerprint density at radius 2 is 2.12 bits per heavy atom. The summed E-state index contributed by atoms with van der Waals surface area (Å²) in [7, 11) is 0. The molecule has 0 aliphatic heterocycles. The Labute approximate surface area is 112 Å². The van der Waals surface area contributed by atoms with E-state index in [2.05, 4.69) is 34.3 Å². The highest BCUT2D eigenvalue weighted by Crippen LogP contribution is 2.32. The summed E-state index contributed by atoms with van der Waals surface area (Å²) < 4.78 is 0.959. The van der Waals surface area contributed by atoms with E-state index in [-0.39, 0.29) is 6.04 Å². The predicted octanol–water partition coefficient (Wildman–Crippen LogP) is 4.52. The predicted molar refractivity (Wildman–Crippen MR) is 74.2 cm³/mol. The van der Waals surface area contributed by atoms with Crippen LogP contribution < -0.4 is 5.73 Å². The second kappa shape index (κ2) is 4.88. The van der Waals surface area contributed by atoms with E-state index in [1.807, 2.05) is 18.2 Å². The van der Waals surface area contributed by atoms with E-state index in [0.29, 0.717) is 5.02 Å². The highest BCUT2D eigenvalue weighted by atomic mass is 79.9. The highest BCUT2D eigenvalue weighted by Gasteiger charge is 2.15. The van der Waals surface area contributed by atoms with Crippen LogP contribution in [0.5, 0.6) is 0 Å². The summed E-state index contributed by atoms with van der Waals surface area (Å²) >= 11 is 11.1. The standard InChI is InChI=1S/C12H11BrClNS/c1-7-4-5-16-12(7)11(15)9-3-2-8(14)6-10(9)13/h2-6,11H,15H2,1H3. The third-order valence-corrected chi connectivity index (χ3v) is 4.51. The van der Waals surface area contributed by atoms with Crippen molar-refractivity contribution < 1.29 is 0 Å². The van der Waals surface area contributed by atoms with Gasteiger partial charge in [0.25, 0.3) is 0 Å². The van der Waals surface area contributed by atoms with Gasteiger partial charge in [-0.05, 0) is 41.6 Å². The molecule has 0 saturated carbocycles. The lowest BCUT2D eigenvalue weighted by atomic mass is 10.0. The maximum absolute atomic E-state index is 6.25. The van der Waals surface area contributed by atoms with E-state index >= 15 is 0 Å². The van der Waals surface area contributed by atoms with Crippen molar-refractivity contribution in [2.24, 2.45) is 5.73 Å². The lowest BCUT2D eigenvalue weighted by Crippen LogP contribution is -2.11. The molecule has 0 amide bonds. The summed E-state index contributed by atoms with van der Waals surface area (Å²) in [4.78, 5) is 1.20. The minimum absolute atomic E-state index is 0.0911. The van der Waals surface area contributed by atoms with Crippen LogP contribution in [0.4, 0.5) is 0 Å². The maximum atomic E-state index is 6.25. The number of thiophene rings is 1. The van der Waals surface area contributed by atoms with E-state index in [1.54, 1.807) is 11.3 Å². The van der Waals surface area contributed by atoms with E-state index < -0.39 is 0 Å². The smallest absolute Gasteiger partial charge is 0.0659 e. The molecule has 2 aromatic rings. The Bertz CT molecular complexity index is 509. The van der Waals surface area contributed by atoms with Crippen LogP contribution in [-0.4, -0.2) is 0 Å². The minimum Gasteiger partial charge on any atom is -0.320 e. The highest BCUT2D eigenvalue weighted by molar-refractivity contribution is 9.10. The van der Waals surface area contributed by atoms with Crippen molar-refractivity contribution in [3.8, 4) is 0 Å². The third-order valence-electron chi connectivity index (χ3n) is 2.48. The van der Waals surface area contributed by atoms with Crippen molar-refractivity contribution in [2.45, 2.75) is 13.0 Å². The first-order chi connectivity index (χ1) is 7.59. The zero-order valence-electron chi connectivity index (χ0n) is 8.71. The van der Waals surface area contributed by atoms with Crippen LogP contribution in [0.25, 0.3) is 0 Å². The molecule has 1 aromatic carbocycles. The van der Waals surface area contributed by atoms with E-state index in [9.17, 15) is 0 Å². The zero-order valence-corrected chi connectivity index (χ0v) is 11.9. The van der Waals surface area contributed by atoms with Gasteiger partial charge in [-0.15, -0.1) is 11.3 Å². The molecule has 0 saturated heterocycles. The number of hydrogen-bond acceptors (Lipinski definition) is 2. The lowest BCUT2D eigenvalue weighted by Gasteiger charge is -2.13. The Hall–Kier alpha value is -0.350. The average Bonchev–Trinajstić information content (AvgIpc) is 2.63. The topological polar surface area (TPSA) is 26.0 Å². The molecule has 16 heavy (non-hydrogen) atoms. The van der Waals surface area contributed by atoms with Crippen molar-refractivity contribution >= 4 is 38.9 Å². The molecule has 0 radical (unpaired) electrons. The summed E-state index contributed by atoms with van der Waals surface area (Å²) in [5.74, 6) is 0. The monoisotopic (exact) mass is 315 g/mol. The molecule has 1 aromatic heterocycles. The third kappa shape index (κ3) is 2.33. The second-order valence-corrected chi connectivity index (χ2v) is 5.85. The molecule has 84 valence electrons. The van der Waals surface area contributed by atoms with Gasteiger partial charge in [0.1, 0.15) is 0 Å². The number of halogens is 2. The first kappa shape index (κ1) is 12.1. The second-order valence-electron chi connectivity index (χ2n) is 3.61. The maximum Gasteiger partial charge on any atom is 0.0659 e. The van der Waals surface area contributed by atoms with Crippen LogP contribution in [0, 0.1) is 6.92 Å². The van der Waals surface area contributed by atoms with Crippen molar-refractivity contribution in [1.29, 1.82) is 0 Å². The molecule has 4 heteroatoms. The van der Waals surface area contributed by atoms with Crippen LogP contribution in [0.1, 0.15) is 22.0 Å². The molecule has 1 atom stereocenters. The molecule has 2 N–H and O–H groups in total. The van der Waals surface area contributed by atoms with Crippen LogP contribution in [0.15, 0.2) is 34.1 Å². The largest absolute Gasteiger partial charge is 0.320 e. The quantitative estimate of drug-likeness (QED) is 0.866. The summed E-state index contributed by atoms with van der Waals surface area (Å²) in [5, 5.41) is 2.78. The molecule has 2 rings (SSSR count). The van der Waals surface area contributed by atoms with Crippen molar-refractivity contribution in [3.63, 3.8) is 0 Å². The zero-order chi connectivity index (χ0) is 11.7. The van der Waals surface area contributed by atoms with Gasteiger partial charge >= 0.3 is 0 Å². The fourth-order valence-corrected chi connectivity index (χ4v) is 3.47. The summed E-state index contributed by atoms with van der Waals surface area (Å²) in [6, 6.07) is 7.70. The number of benzene rings is 1. The number of nitrogens with two attached hydrogens (primary N) is 1. The Morgan fingerprint density at radius 3 is 2.69 bits per heavy atom. The van der Waals surface area contributed by atoms with Crippen molar-refractivity contribution in [3.05, 3.63) is 55.1 Å². The van der Waals surface area contributed by atoms with E-state index in [0.717, 1.165) is 10.0 Å². The van der Waals surface area contributed by atoms with Gasteiger partial charge in [0.2, 0.25) is 0 Å². The first-order valence-corrected chi connectivity index (χ1v) is 6.89. The summed E-state index contributed by atoms with van der Waals surface area (Å²) in [6.07, 6.45) is 0. The Kier molecular flexibility index (Phi) is 3.70. The molecular weight excluding hydrogens is 306 g/mol. The van der Waals surface area contributed by atoms with Crippen LogP contribution in [0.2, 0.25) is 5.02 Å². The Balaban J connectivity index is 2.41. The van der Waals surface area contributed by atoms with Crippen molar-refractivity contribution in [2.75, 3.05) is 0 Å². The van der Waals surface area contributed by atoms with Gasteiger partial charge in [-0.3, -0.25) is 0 Å². The molecule has 0 spiro atoms. The van der Waals surface area contributed by atoms with Crippen LogP contribution in [-0.2, 0) is 0 Å². The average molecular weight is 317 g/mol. The fraction of sp³-hybridized carbons (Fsp3) is 0.167. The van der Waals surface area contributed by atoms with Gasteiger partial charge in [0.05, 0.1) is 6.04 Å². The van der Waals surface area contributed by atoms with Crippen LogP contribution in [0.3, 0.4) is 0 Å². The fourth-order valence-electron chi connectivity index (χ4n) is 1.60. The van der Waals surface area contributed by atoms with E-state index in [4.69, 9.17) is 17.3 Å². The van der Waals surface area contributed by atoms with Gasteiger partial charge in [-0.25, -0.2) is 0 Å². The molecular formula is C12H11BrClNS. The van der Waals surface area contributed by atoms with Gasteiger partial charge < -0.3 is 5.73 Å². The number of aryl methyl sites for hydroxylation is 1. The van der Waals surface area contributed by atoms with Gasteiger partial charge in [-0.2, -0.15) is 0 Å². The minimum atomic E-state index is -0.0911. The molecule has 0 fully saturated rings. The normalized spacial score (nSPS) is 12.8. The lowest BCUT2D eigenvalue weighted by molar-refractivity contribution is 0.879. The molecule has 0 aliphatic rings. The first-order valence-electron chi connectivity index (χ1n) is 4.84. The summed E-state index contributed by atoms with van der Waals surface area (Å²) in [6.45, 7) is 2.08. The molecule has 1 heterocycles. The Morgan fingerprint density at radius 1 is 1.38 bits per heavy atom. The molecule has 0 aliphatic carbocycles. The van der Waals surface area contributed by atoms with Gasteiger partial charge in [0, 0.05) is 14.4 Å². The SMILES string of the molecule is Cc1ccsc1C(N)c1ccc(Cl)cc1Br. The van der Waals surface area contributed by atoms with Crippen LogP contribution >= 0.6 is 38.9 Å². The van der Waals surface area contributed by atoms with E-state index in [1.165, 1.54) is 10.4 Å².